The predicted octanol–water partition coefficient (Wildman–Crippen LogP) is 14.3. The summed E-state index contributed by atoms with van der Waals surface area (Å²) in [5.41, 5.74) is 14.3. The van der Waals surface area contributed by atoms with E-state index in [0.29, 0.717) is 17.5 Å². The first-order valence-electron chi connectivity index (χ1n) is 21.0. The number of aromatic nitrogens is 3. The van der Waals surface area contributed by atoms with Gasteiger partial charge in [0.05, 0.1) is 11.5 Å². The van der Waals surface area contributed by atoms with Crippen molar-refractivity contribution >= 4 is 27.5 Å². The Labute approximate surface area is 359 Å². The zero-order chi connectivity index (χ0) is 41.0. The molecule has 2 aliphatic rings. The van der Waals surface area contributed by atoms with Crippen molar-refractivity contribution in [1.29, 1.82) is 0 Å². The molecule has 5 nitrogen and oxygen atoms in total. The number of hydrogen-bond acceptors (Lipinski definition) is 5. The van der Waals surface area contributed by atoms with Crippen molar-refractivity contribution in [3.8, 4) is 73.0 Å². The van der Waals surface area contributed by atoms with E-state index in [-0.39, 0.29) is 12.0 Å². The summed E-state index contributed by atoms with van der Waals surface area (Å²) in [6, 6.07) is 67.4. The molecule has 12 rings (SSSR count). The summed E-state index contributed by atoms with van der Waals surface area (Å²) in [6.45, 7) is 0. The number of allylic oxidation sites excluding steroid dienone is 2. The second kappa shape index (κ2) is 14.8. The van der Waals surface area contributed by atoms with E-state index in [4.69, 9.17) is 24.1 Å². The summed E-state index contributed by atoms with van der Waals surface area (Å²) < 4.78 is 14.1. The molecule has 0 fully saturated rings. The van der Waals surface area contributed by atoms with Crippen molar-refractivity contribution in [1.82, 2.24) is 15.0 Å². The largest absolute Gasteiger partial charge is 0.483 e. The lowest BCUT2D eigenvalue weighted by molar-refractivity contribution is 0.255. The maximum atomic E-state index is 7.12. The molecule has 8 aromatic carbocycles. The number of nitrogens with zero attached hydrogens (tertiary/aromatic N) is 3. The minimum atomic E-state index is -0.353. The van der Waals surface area contributed by atoms with Gasteiger partial charge in [0.25, 0.3) is 0 Å². The predicted molar refractivity (Wildman–Crippen MR) is 250 cm³/mol. The fourth-order valence-electron chi connectivity index (χ4n) is 9.08. The van der Waals surface area contributed by atoms with E-state index in [2.05, 4.69) is 164 Å². The molecule has 2 aromatic heterocycles. The van der Waals surface area contributed by atoms with E-state index < -0.39 is 0 Å². The molecule has 1 aliphatic carbocycles. The lowest BCUT2D eigenvalue weighted by atomic mass is 9.86. The summed E-state index contributed by atoms with van der Waals surface area (Å²) in [5, 5.41) is 2.03. The van der Waals surface area contributed by atoms with Gasteiger partial charge in [0.15, 0.2) is 11.6 Å². The summed E-state index contributed by atoms with van der Waals surface area (Å²) in [5.74, 6) is 2.33. The highest BCUT2D eigenvalue weighted by Crippen LogP contribution is 2.51. The van der Waals surface area contributed by atoms with Gasteiger partial charge in [0, 0.05) is 38.6 Å². The molecule has 62 heavy (non-hydrogen) atoms. The fourth-order valence-corrected chi connectivity index (χ4v) is 9.08. The summed E-state index contributed by atoms with van der Waals surface area (Å²) >= 11 is 0. The Morgan fingerprint density at radius 2 is 0.919 bits per heavy atom. The zero-order valence-corrected chi connectivity index (χ0v) is 33.5. The minimum absolute atomic E-state index is 0.302. The van der Waals surface area contributed by atoms with Gasteiger partial charge in [-0.15, -0.1) is 0 Å². The van der Waals surface area contributed by atoms with E-state index in [1.165, 1.54) is 0 Å². The molecule has 2 atom stereocenters. The Balaban J connectivity index is 1.02. The first kappa shape index (κ1) is 35.8. The molecule has 0 bridgehead atoms. The highest BCUT2D eigenvalue weighted by molar-refractivity contribution is 6.14. The monoisotopic (exact) mass is 795 g/mol. The van der Waals surface area contributed by atoms with Crippen LogP contribution in [0.4, 0.5) is 0 Å². The Bertz CT molecular complexity index is 3360. The van der Waals surface area contributed by atoms with Gasteiger partial charge < -0.3 is 9.15 Å². The Kier molecular flexibility index (Phi) is 8.56. The first-order chi connectivity index (χ1) is 30.7. The topological polar surface area (TPSA) is 61.0 Å². The standard InChI is InChI=1S/C57H37N3O2/c1-6-18-36(19-7-1)41-32-47(38-22-10-3-11-23-38)53-49(34-41)43-28-16-30-45(51(43)61-53)56-58-55(40-26-14-5-15-27-40)59-57(60-56)46-31-17-29-44-50-35-42(37-20-8-2-9-21-37)33-48(54(50)62-52(44)46)39-24-12-4-13-25-39/h1-35,45,51H. The Morgan fingerprint density at radius 3 is 1.58 bits per heavy atom. The molecule has 3 heterocycles. The molecular weight excluding hydrogens is 759 g/mol. The van der Waals surface area contributed by atoms with Crippen LogP contribution >= 0.6 is 0 Å². The summed E-state index contributed by atoms with van der Waals surface area (Å²) in [6.07, 6.45) is 6.11. The molecule has 2 unspecified atom stereocenters. The van der Waals surface area contributed by atoms with Gasteiger partial charge in [-0.25, -0.2) is 15.0 Å². The molecule has 1 aliphatic heterocycles. The number of fused-ring (bicyclic) bond motifs is 6. The van der Waals surface area contributed by atoms with Crippen LogP contribution in [0.15, 0.2) is 217 Å². The number of ether oxygens (including phenoxy) is 1. The first-order valence-corrected chi connectivity index (χ1v) is 21.0. The van der Waals surface area contributed by atoms with Gasteiger partial charge in [-0.3, -0.25) is 0 Å². The van der Waals surface area contributed by atoms with Crippen LogP contribution in [0, 0.1) is 0 Å². The number of para-hydroxylation sites is 1. The van der Waals surface area contributed by atoms with E-state index in [9.17, 15) is 0 Å². The average molecular weight is 796 g/mol. The lowest BCUT2D eigenvalue weighted by Gasteiger charge is -2.23. The Hall–Kier alpha value is -8.15. The molecule has 0 radical (unpaired) electrons. The van der Waals surface area contributed by atoms with Crippen LogP contribution in [0.1, 0.15) is 17.3 Å². The van der Waals surface area contributed by atoms with Crippen molar-refractivity contribution in [3.05, 3.63) is 224 Å². The molecule has 292 valence electrons. The highest BCUT2D eigenvalue weighted by Gasteiger charge is 2.40. The SMILES string of the molecule is C1=CC(c2nc(-c3ccccc3)nc(-c3cccc4c3oc3c(-c5ccccc5)cc(-c5ccccc5)cc34)n2)C2Oc3c(cc(-c4ccccc4)cc3-c3ccccc3)C2=C1. The van der Waals surface area contributed by atoms with Crippen LogP contribution in [0.5, 0.6) is 5.75 Å². The van der Waals surface area contributed by atoms with Gasteiger partial charge in [0.1, 0.15) is 28.8 Å². The average Bonchev–Trinajstić information content (AvgIpc) is 3.93. The summed E-state index contributed by atoms with van der Waals surface area (Å²) in [4.78, 5) is 15.8. The quantitative estimate of drug-likeness (QED) is 0.161. The van der Waals surface area contributed by atoms with Crippen LogP contribution in [-0.2, 0) is 0 Å². The minimum Gasteiger partial charge on any atom is -0.483 e. The molecule has 0 saturated carbocycles. The smallest absolute Gasteiger partial charge is 0.167 e. The lowest BCUT2D eigenvalue weighted by Crippen LogP contribution is -2.25. The van der Waals surface area contributed by atoms with Gasteiger partial charge in [-0.2, -0.15) is 0 Å². The van der Waals surface area contributed by atoms with Crippen LogP contribution in [0.25, 0.3) is 94.8 Å². The van der Waals surface area contributed by atoms with Crippen LogP contribution < -0.4 is 4.74 Å². The normalized spacial score (nSPS) is 15.3. The van der Waals surface area contributed by atoms with E-state index in [1.54, 1.807) is 0 Å². The van der Waals surface area contributed by atoms with Crippen molar-refractivity contribution in [2.24, 2.45) is 0 Å². The van der Waals surface area contributed by atoms with Crippen molar-refractivity contribution < 1.29 is 9.15 Å². The number of benzene rings is 8. The van der Waals surface area contributed by atoms with Gasteiger partial charge >= 0.3 is 0 Å². The van der Waals surface area contributed by atoms with Crippen LogP contribution in [0.3, 0.4) is 0 Å². The molecule has 10 aromatic rings. The van der Waals surface area contributed by atoms with Crippen LogP contribution in [0.2, 0.25) is 0 Å². The molecule has 0 N–H and O–H groups in total. The molecule has 5 heteroatoms. The third-order valence-electron chi connectivity index (χ3n) is 12.1. The van der Waals surface area contributed by atoms with E-state index >= 15 is 0 Å². The fraction of sp³-hybridized carbons (Fsp3) is 0.0351. The van der Waals surface area contributed by atoms with Crippen molar-refractivity contribution in [2.75, 3.05) is 0 Å². The van der Waals surface area contributed by atoms with Crippen molar-refractivity contribution in [2.45, 2.75) is 12.0 Å². The number of hydrogen-bond donors (Lipinski definition) is 0. The van der Waals surface area contributed by atoms with Gasteiger partial charge in [-0.05, 0) is 63.7 Å². The molecule has 0 amide bonds. The maximum Gasteiger partial charge on any atom is 0.167 e. The Morgan fingerprint density at radius 1 is 0.387 bits per heavy atom. The van der Waals surface area contributed by atoms with Gasteiger partial charge in [-0.1, -0.05) is 182 Å². The molecule has 0 spiro atoms. The molecular formula is C57H37N3O2. The zero-order valence-electron chi connectivity index (χ0n) is 33.5. The second-order valence-electron chi connectivity index (χ2n) is 15.8. The van der Waals surface area contributed by atoms with Crippen molar-refractivity contribution in [3.63, 3.8) is 0 Å². The third-order valence-corrected chi connectivity index (χ3v) is 12.1. The number of rotatable bonds is 7. The maximum absolute atomic E-state index is 7.12. The van der Waals surface area contributed by atoms with E-state index in [0.717, 1.165) is 94.5 Å². The number of furan rings is 1. The van der Waals surface area contributed by atoms with Crippen LogP contribution in [-0.4, -0.2) is 21.1 Å². The van der Waals surface area contributed by atoms with E-state index in [1.807, 2.05) is 48.5 Å². The third kappa shape index (κ3) is 6.13. The summed E-state index contributed by atoms with van der Waals surface area (Å²) in [7, 11) is 0. The van der Waals surface area contributed by atoms with Gasteiger partial charge in [0.2, 0.25) is 0 Å². The highest BCUT2D eigenvalue weighted by atomic mass is 16.5. The second-order valence-corrected chi connectivity index (χ2v) is 15.8. The molecule has 0 saturated heterocycles.